The Hall–Kier alpha value is -2.86. The molecule has 0 unspecified atom stereocenters. The predicted octanol–water partition coefficient (Wildman–Crippen LogP) is 1.54. The van der Waals surface area contributed by atoms with Crippen molar-refractivity contribution < 1.29 is 9.59 Å². The first-order valence-corrected chi connectivity index (χ1v) is 8.29. The molecule has 0 atom stereocenters. The Bertz CT molecular complexity index is 686. The highest BCUT2D eigenvalue weighted by atomic mass is 16.2. The lowest BCUT2D eigenvalue weighted by atomic mass is 10.1. The molecular formula is C19H24N4O2. The predicted molar refractivity (Wildman–Crippen MR) is 99.5 cm³/mol. The number of rotatable bonds is 8. The smallest absolute Gasteiger partial charge is 0.239 e. The van der Waals surface area contributed by atoms with Gasteiger partial charge in [0.25, 0.3) is 0 Å². The fourth-order valence-electron chi connectivity index (χ4n) is 2.43. The van der Waals surface area contributed by atoms with Gasteiger partial charge in [-0.05, 0) is 36.8 Å². The summed E-state index contributed by atoms with van der Waals surface area (Å²) in [7, 11) is 0. The molecule has 0 saturated carbocycles. The van der Waals surface area contributed by atoms with Gasteiger partial charge >= 0.3 is 0 Å². The monoisotopic (exact) mass is 340 g/mol. The van der Waals surface area contributed by atoms with E-state index in [4.69, 9.17) is 5.73 Å². The third-order valence-electron chi connectivity index (χ3n) is 3.75. The zero-order valence-electron chi connectivity index (χ0n) is 14.4. The Balaban J connectivity index is 1.91. The molecule has 0 spiro atoms. The Labute approximate surface area is 148 Å². The summed E-state index contributed by atoms with van der Waals surface area (Å²) in [6, 6.07) is 18.2. The van der Waals surface area contributed by atoms with Gasteiger partial charge in [-0.2, -0.15) is 0 Å². The molecule has 132 valence electrons. The quantitative estimate of drug-likeness (QED) is 0.680. The van der Waals surface area contributed by atoms with Gasteiger partial charge in [-0.3, -0.25) is 9.59 Å². The summed E-state index contributed by atoms with van der Waals surface area (Å²) in [4.78, 5) is 24.9. The average Bonchev–Trinajstić information content (AvgIpc) is 2.66. The number of carbonyl (C=O) groups is 2. The van der Waals surface area contributed by atoms with Crippen molar-refractivity contribution in [1.29, 1.82) is 0 Å². The van der Waals surface area contributed by atoms with Crippen molar-refractivity contribution in [2.75, 3.05) is 24.5 Å². The molecule has 25 heavy (non-hydrogen) atoms. The van der Waals surface area contributed by atoms with E-state index in [0.29, 0.717) is 6.54 Å². The van der Waals surface area contributed by atoms with E-state index < -0.39 is 0 Å². The van der Waals surface area contributed by atoms with Crippen molar-refractivity contribution in [2.24, 2.45) is 5.73 Å². The first-order valence-electron chi connectivity index (χ1n) is 8.29. The number of hydrogen-bond donors (Lipinski definition) is 3. The molecule has 2 amide bonds. The largest absolute Gasteiger partial charge is 0.350 e. The lowest BCUT2D eigenvalue weighted by Gasteiger charge is -2.23. The third-order valence-corrected chi connectivity index (χ3v) is 3.75. The van der Waals surface area contributed by atoms with Gasteiger partial charge in [-0.15, -0.1) is 0 Å². The summed E-state index contributed by atoms with van der Waals surface area (Å²) in [6.45, 7) is 3.20. The summed E-state index contributed by atoms with van der Waals surface area (Å²) in [5.74, 6) is -0.592. The summed E-state index contributed by atoms with van der Waals surface area (Å²) in [5.41, 5.74) is 8.40. The molecule has 0 aliphatic rings. The van der Waals surface area contributed by atoms with Crippen LogP contribution in [-0.4, -0.2) is 31.4 Å². The van der Waals surface area contributed by atoms with Crippen molar-refractivity contribution in [2.45, 2.75) is 13.5 Å². The van der Waals surface area contributed by atoms with Crippen LogP contribution in [0.5, 0.6) is 0 Å². The van der Waals surface area contributed by atoms with Crippen LogP contribution in [0.15, 0.2) is 54.6 Å². The number of nitrogens with zero attached hydrogens (tertiary/aromatic N) is 1. The van der Waals surface area contributed by atoms with Gasteiger partial charge in [-0.1, -0.05) is 30.3 Å². The van der Waals surface area contributed by atoms with E-state index in [0.717, 1.165) is 23.5 Å². The number of benzene rings is 2. The van der Waals surface area contributed by atoms with E-state index in [1.165, 1.54) is 0 Å². The van der Waals surface area contributed by atoms with Gasteiger partial charge in [-0.25, -0.2) is 0 Å². The van der Waals surface area contributed by atoms with Crippen LogP contribution in [0.25, 0.3) is 0 Å². The van der Waals surface area contributed by atoms with E-state index in [2.05, 4.69) is 34.6 Å². The normalized spacial score (nSPS) is 10.2. The van der Waals surface area contributed by atoms with Crippen LogP contribution < -0.4 is 21.3 Å². The van der Waals surface area contributed by atoms with Gasteiger partial charge in [0.15, 0.2) is 0 Å². The zero-order chi connectivity index (χ0) is 18.1. The second-order valence-corrected chi connectivity index (χ2v) is 5.50. The first kappa shape index (κ1) is 18.5. The van der Waals surface area contributed by atoms with Gasteiger partial charge in [0.05, 0.1) is 13.1 Å². The molecule has 0 heterocycles. The lowest BCUT2D eigenvalue weighted by Crippen LogP contribution is -2.39. The molecule has 0 radical (unpaired) electrons. The average molecular weight is 340 g/mol. The highest BCUT2D eigenvalue weighted by Gasteiger charge is 2.07. The Kier molecular flexibility index (Phi) is 6.98. The van der Waals surface area contributed by atoms with Crippen molar-refractivity contribution in [3.05, 3.63) is 60.2 Å². The summed E-state index contributed by atoms with van der Waals surface area (Å²) < 4.78 is 0. The fourth-order valence-corrected chi connectivity index (χ4v) is 2.43. The molecule has 0 aliphatic heterocycles. The topological polar surface area (TPSA) is 87.5 Å². The van der Waals surface area contributed by atoms with Crippen LogP contribution in [0.3, 0.4) is 0 Å². The first-order chi connectivity index (χ1) is 12.1. The van der Waals surface area contributed by atoms with E-state index >= 15 is 0 Å². The molecule has 0 saturated heterocycles. The lowest BCUT2D eigenvalue weighted by molar-refractivity contribution is -0.125. The van der Waals surface area contributed by atoms with Crippen molar-refractivity contribution in [3.8, 4) is 0 Å². The highest BCUT2D eigenvalue weighted by Crippen LogP contribution is 2.24. The Morgan fingerprint density at radius 1 is 0.920 bits per heavy atom. The number of amides is 2. The molecular weight excluding hydrogens is 316 g/mol. The molecule has 0 bridgehead atoms. The SMILES string of the molecule is CCN(c1ccccc1)c1ccc(CNC(=O)CNC(=O)CN)cc1. The minimum Gasteiger partial charge on any atom is -0.350 e. The van der Waals surface area contributed by atoms with Gasteiger partial charge in [0.1, 0.15) is 0 Å². The highest BCUT2D eigenvalue weighted by molar-refractivity contribution is 5.85. The van der Waals surface area contributed by atoms with E-state index in [1.54, 1.807) is 0 Å². The maximum atomic E-state index is 11.7. The van der Waals surface area contributed by atoms with Crippen LogP contribution in [0, 0.1) is 0 Å². The maximum absolute atomic E-state index is 11.7. The number of anilines is 2. The van der Waals surface area contributed by atoms with E-state index in [9.17, 15) is 9.59 Å². The summed E-state index contributed by atoms with van der Waals surface area (Å²) in [5, 5.41) is 5.20. The summed E-state index contributed by atoms with van der Waals surface area (Å²) in [6.07, 6.45) is 0. The fraction of sp³-hybridized carbons (Fsp3) is 0.263. The molecule has 2 rings (SSSR count). The minimum atomic E-state index is -0.347. The molecule has 0 fully saturated rings. The number of nitrogens with one attached hydrogen (secondary N) is 2. The van der Waals surface area contributed by atoms with Crippen LogP contribution in [0.2, 0.25) is 0 Å². The van der Waals surface area contributed by atoms with Crippen LogP contribution in [0.1, 0.15) is 12.5 Å². The Morgan fingerprint density at radius 3 is 2.16 bits per heavy atom. The van der Waals surface area contributed by atoms with Crippen LogP contribution >= 0.6 is 0 Å². The number of carbonyl (C=O) groups excluding carboxylic acids is 2. The second-order valence-electron chi connectivity index (χ2n) is 5.50. The van der Waals surface area contributed by atoms with Crippen LogP contribution in [0.4, 0.5) is 11.4 Å². The molecule has 6 heteroatoms. The van der Waals surface area contributed by atoms with Crippen molar-refractivity contribution in [3.63, 3.8) is 0 Å². The van der Waals surface area contributed by atoms with Crippen molar-refractivity contribution in [1.82, 2.24) is 10.6 Å². The summed E-state index contributed by atoms with van der Waals surface area (Å²) >= 11 is 0. The van der Waals surface area contributed by atoms with Gasteiger partial charge in [0.2, 0.25) is 11.8 Å². The number of hydrogen-bond acceptors (Lipinski definition) is 4. The molecule has 6 nitrogen and oxygen atoms in total. The molecule has 0 aromatic heterocycles. The van der Waals surface area contributed by atoms with Crippen molar-refractivity contribution >= 4 is 23.2 Å². The van der Waals surface area contributed by atoms with E-state index in [-0.39, 0.29) is 24.9 Å². The number of para-hydroxylation sites is 1. The Morgan fingerprint density at radius 2 is 1.56 bits per heavy atom. The molecule has 2 aromatic rings. The standard InChI is InChI=1S/C19H24N4O2/c1-2-23(16-6-4-3-5-7-16)17-10-8-15(9-11-17)13-21-19(25)14-22-18(24)12-20/h3-11H,2,12-14,20H2,1H3,(H,21,25)(H,22,24). The maximum Gasteiger partial charge on any atom is 0.239 e. The van der Waals surface area contributed by atoms with Gasteiger partial charge in [0, 0.05) is 24.5 Å². The number of nitrogens with two attached hydrogens (primary N) is 1. The second kappa shape index (κ2) is 9.44. The van der Waals surface area contributed by atoms with Gasteiger partial charge < -0.3 is 21.3 Å². The van der Waals surface area contributed by atoms with E-state index in [1.807, 2.05) is 42.5 Å². The minimum absolute atomic E-state index is 0.0638. The zero-order valence-corrected chi connectivity index (χ0v) is 14.4. The molecule has 2 aromatic carbocycles. The molecule has 0 aliphatic carbocycles. The van der Waals surface area contributed by atoms with Crippen LogP contribution in [-0.2, 0) is 16.1 Å². The molecule has 4 N–H and O–H groups in total. The third kappa shape index (κ3) is 5.61.